The second-order valence-corrected chi connectivity index (χ2v) is 7.55. The number of phenolic OH excluding ortho intramolecular Hbond substituents is 1. The number of aromatic hydroxyl groups is 1. The van der Waals surface area contributed by atoms with Crippen LogP contribution in [0.4, 0.5) is 0 Å². The summed E-state index contributed by atoms with van der Waals surface area (Å²) in [5.41, 5.74) is 0.960. The molecule has 0 fully saturated rings. The molecule has 2 nitrogen and oxygen atoms in total. The molecule has 0 spiro atoms. The zero-order valence-electron chi connectivity index (χ0n) is 12.9. The minimum Gasteiger partial charge on any atom is -0.507 e. The highest BCUT2D eigenvalue weighted by Gasteiger charge is 2.42. The summed E-state index contributed by atoms with van der Waals surface area (Å²) in [7, 11) is 2.16. The SMILES string of the molecule is CC1C=CC2SC(c3cc4ccccc4cc3O)=[N+](C)C2C1. The van der Waals surface area contributed by atoms with Crippen LogP contribution in [0.1, 0.15) is 18.9 Å². The van der Waals surface area contributed by atoms with Crippen LogP contribution in [0, 0.1) is 5.92 Å². The molecular weight excluding hydrogens is 290 g/mol. The number of rotatable bonds is 1. The predicted octanol–water partition coefficient (Wildman–Crippen LogP) is 4.01. The minimum absolute atomic E-state index is 0.378. The van der Waals surface area contributed by atoms with E-state index >= 15 is 0 Å². The van der Waals surface area contributed by atoms with E-state index in [0.29, 0.717) is 23.0 Å². The van der Waals surface area contributed by atoms with Crippen LogP contribution in [0.2, 0.25) is 0 Å². The van der Waals surface area contributed by atoms with Gasteiger partial charge in [-0.25, -0.2) is 4.58 Å². The smallest absolute Gasteiger partial charge is 0.246 e. The van der Waals surface area contributed by atoms with Gasteiger partial charge in [0.15, 0.2) is 6.04 Å². The Kier molecular flexibility index (Phi) is 3.26. The fourth-order valence-electron chi connectivity index (χ4n) is 3.53. The standard InChI is InChI=1S/C19H19NOS/c1-12-7-8-18-16(9-12)20(2)19(22-18)15-10-13-5-3-4-6-14(13)11-17(15)21/h3-8,10-12,16,18H,9H2,1-2H3/p+1. The molecule has 2 aromatic rings. The van der Waals surface area contributed by atoms with Crippen LogP contribution >= 0.6 is 11.8 Å². The summed E-state index contributed by atoms with van der Waals surface area (Å²) < 4.78 is 2.36. The maximum Gasteiger partial charge on any atom is 0.246 e. The van der Waals surface area contributed by atoms with Crippen LogP contribution in [-0.4, -0.2) is 33.1 Å². The first-order valence-corrected chi connectivity index (χ1v) is 8.68. The van der Waals surface area contributed by atoms with Crippen molar-refractivity contribution in [2.45, 2.75) is 24.6 Å². The Bertz CT molecular complexity index is 808. The van der Waals surface area contributed by atoms with E-state index in [1.807, 2.05) is 36.0 Å². The monoisotopic (exact) mass is 310 g/mol. The van der Waals surface area contributed by atoms with Crippen LogP contribution in [0.15, 0.2) is 48.6 Å². The van der Waals surface area contributed by atoms with Gasteiger partial charge >= 0.3 is 0 Å². The Morgan fingerprint density at radius 2 is 1.86 bits per heavy atom. The van der Waals surface area contributed by atoms with Crippen LogP contribution in [0.3, 0.4) is 0 Å². The zero-order chi connectivity index (χ0) is 15.3. The number of benzene rings is 2. The van der Waals surface area contributed by atoms with E-state index in [1.54, 1.807) is 0 Å². The van der Waals surface area contributed by atoms with Crippen molar-refractivity contribution in [1.29, 1.82) is 0 Å². The van der Waals surface area contributed by atoms with Crippen LogP contribution < -0.4 is 0 Å². The van der Waals surface area contributed by atoms with Crippen molar-refractivity contribution in [3.8, 4) is 5.75 Å². The molecule has 2 aromatic carbocycles. The van der Waals surface area contributed by atoms with E-state index in [0.717, 1.165) is 10.9 Å². The van der Waals surface area contributed by atoms with E-state index in [9.17, 15) is 5.11 Å². The van der Waals surface area contributed by atoms with Gasteiger partial charge in [-0.05, 0) is 40.6 Å². The third-order valence-corrected chi connectivity index (χ3v) is 6.26. The molecule has 2 aliphatic rings. The summed E-state index contributed by atoms with van der Waals surface area (Å²) in [6.07, 6.45) is 5.85. The molecule has 3 heteroatoms. The predicted molar refractivity (Wildman–Crippen MR) is 94.0 cm³/mol. The van der Waals surface area contributed by atoms with Crippen LogP contribution in [0.5, 0.6) is 5.75 Å². The topological polar surface area (TPSA) is 23.2 Å². The summed E-state index contributed by atoms with van der Waals surface area (Å²) in [5.74, 6) is 1.01. The van der Waals surface area contributed by atoms with E-state index in [4.69, 9.17) is 0 Å². The van der Waals surface area contributed by atoms with Gasteiger partial charge in [0, 0.05) is 6.42 Å². The maximum absolute atomic E-state index is 10.5. The molecule has 0 saturated carbocycles. The van der Waals surface area contributed by atoms with Gasteiger partial charge in [0.1, 0.15) is 12.8 Å². The third-order valence-electron chi connectivity index (χ3n) is 4.78. The average Bonchev–Trinajstić information content (AvgIpc) is 2.83. The molecule has 22 heavy (non-hydrogen) atoms. The molecule has 1 N–H and O–H groups in total. The first-order chi connectivity index (χ1) is 10.6. The Labute approximate surface area is 135 Å². The van der Waals surface area contributed by atoms with E-state index in [-0.39, 0.29) is 0 Å². The van der Waals surface area contributed by atoms with Crippen molar-refractivity contribution in [3.63, 3.8) is 0 Å². The highest BCUT2D eigenvalue weighted by Crippen LogP contribution is 2.39. The lowest BCUT2D eigenvalue weighted by Gasteiger charge is -2.20. The Balaban J connectivity index is 1.82. The fourth-order valence-corrected chi connectivity index (χ4v) is 5.00. The van der Waals surface area contributed by atoms with Crippen molar-refractivity contribution in [1.82, 2.24) is 0 Å². The molecule has 3 atom stereocenters. The third kappa shape index (κ3) is 2.15. The summed E-state index contributed by atoms with van der Waals surface area (Å²) >= 11 is 1.88. The second-order valence-electron chi connectivity index (χ2n) is 6.38. The zero-order valence-corrected chi connectivity index (χ0v) is 13.7. The van der Waals surface area contributed by atoms with E-state index < -0.39 is 0 Å². The molecule has 4 rings (SSSR count). The number of phenols is 1. The van der Waals surface area contributed by atoms with Gasteiger partial charge in [0.2, 0.25) is 5.04 Å². The van der Waals surface area contributed by atoms with Crippen molar-refractivity contribution in [2.24, 2.45) is 5.92 Å². The maximum atomic E-state index is 10.5. The molecule has 1 heterocycles. The molecule has 1 aliphatic carbocycles. The number of allylic oxidation sites excluding steroid dienone is 1. The first kappa shape index (κ1) is 13.9. The molecule has 0 bridgehead atoms. The second kappa shape index (κ2) is 5.17. The highest BCUT2D eigenvalue weighted by molar-refractivity contribution is 8.15. The van der Waals surface area contributed by atoms with Crippen molar-refractivity contribution in [3.05, 3.63) is 54.1 Å². The van der Waals surface area contributed by atoms with Gasteiger partial charge in [-0.2, -0.15) is 0 Å². The average molecular weight is 310 g/mol. The van der Waals surface area contributed by atoms with Gasteiger partial charge in [0.05, 0.1) is 10.8 Å². The van der Waals surface area contributed by atoms with Crippen molar-refractivity contribution < 1.29 is 9.68 Å². The van der Waals surface area contributed by atoms with Crippen LogP contribution in [0.25, 0.3) is 10.8 Å². The fraction of sp³-hybridized carbons (Fsp3) is 0.316. The van der Waals surface area contributed by atoms with Crippen molar-refractivity contribution >= 4 is 27.6 Å². The molecular formula is C19H20NOS+. The lowest BCUT2D eigenvalue weighted by molar-refractivity contribution is -0.532. The Hall–Kier alpha value is -1.74. The van der Waals surface area contributed by atoms with Gasteiger partial charge in [-0.15, -0.1) is 0 Å². The Morgan fingerprint density at radius 1 is 1.14 bits per heavy atom. The quantitative estimate of drug-likeness (QED) is 0.635. The molecule has 1 aliphatic heterocycles. The largest absolute Gasteiger partial charge is 0.507 e. The molecule has 0 saturated heterocycles. The normalized spacial score (nSPS) is 27.5. The van der Waals surface area contributed by atoms with E-state index in [2.05, 4.69) is 42.8 Å². The lowest BCUT2D eigenvalue weighted by atomic mass is 9.92. The molecule has 0 amide bonds. The summed E-state index contributed by atoms with van der Waals surface area (Å²) in [4.78, 5) is 0. The Morgan fingerprint density at radius 3 is 2.64 bits per heavy atom. The molecule has 3 unspecified atom stereocenters. The summed E-state index contributed by atoms with van der Waals surface area (Å²) in [6.45, 7) is 2.27. The summed E-state index contributed by atoms with van der Waals surface area (Å²) in [6, 6.07) is 12.7. The summed E-state index contributed by atoms with van der Waals surface area (Å²) in [5, 5.41) is 14.4. The van der Waals surface area contributed by atoms with Crippen molar-refractivity contribution in [2.75, 3.05) is 7.05 Å². The van der Waals surface area contributed by atoms with Crippen LogP contribution in [-0.2, 0) is 0 Å². The van der Waals surface area contributed by atoms with Gasteiger partial charge in [-0.3, -0.25) is 0 Å². The minimum atomic E-state index is 0.378. The molecule has 0 aromatic heterocycles. The lowest BCUT2D eigenvalue weighted by Crippen LogP contribution is -2.32. The number of nitrogens with zero attached hydrogens (tertiary/aromatic N) is 1. The number of thioether (sulfide) groups is 1. The van der Waals surface area contributed by atoms with E-state index in [1.165, 1.54) is 16.9 Å². The first-order valence-electron chi connectivity index (χ1n) is 7.80. The highest BCUT2D eigenvalue weighted by atomic mass is 32.2. The van der Waals surface area contributed by atoms with Gasteiger partial charge in [0.25, 0.3) is 0 Å². The van der Waals surface area contributed by atoms with Gasteiger partial charge in [-0.1, -0.05) is 43.3 Å². The molecule has 112 valence electrons. The number of hydrogen-bond acceptors (Lipinski definition) is 2. The number of hydrogen-bond donors (Lipinski definition) is 1. The number of fused-ring (bicyclic) bond motifs is 2. The molecule has 0 radical (unpaired) electrons. The van der Waals surface area contributed by atoms with Gasteiger partial charge < -0.3 is 5.11 Å².